The molecule has 26 heavy (non-hydrogen) atoms. The van der Waals surface area contributed by atoms with Crippen LogP contribution in [0.4, 0.5) is 5.69 Å². The first-order valence-corrected chi connectivity index (χ1v) is 8.80. The Labute approximate surface area is 153 Å². The van der Waals surface area contributed by atoms with Gasteiger partial charge in [0.2, 0.25) is 0 Å². The number of ether oxygens (including phenoxy) is 2. The molecular weight excluding hydrogens is 326 g/mol. The lowest BCUT2D eigenvalue weighted by Gasteiger charge is -2.36. The van der Waals surface area contributed by atoms with E-state index in [9.17, 15) is 0 Å². The fourth-order valence-electron chi connectivity index (χ4n) is 3.70. The molecular formula is C21H19N3O2. The van der Waals surface area contributed by atoms with E-state index in [0.29, 0.717) is 18.8 Å². The van der Waals surface area contributed by atoms with Crippen LogP contribution in [0.5, 0.6) is 5.75 Å². The largest absolute Gasteiger partial charge is 0.490 e. The van der Waals surface area contributed by atoms with Gasteiger partial charge in [0.05, 0.1) is 38.1 Å². The second kappa shape index (κ2) is 7.07. The van der Waals surface area contributed by atoms with Gasteiger partial charge < -0.3 is 14.4 Å². The van der Waals surface area contributed by atoms with Crippen LogP contribution in [0, 0.1) is 17.9 Å². The molecule has 3 aliphatic rings. The molecule has 0 unspecified atom stereocenters. The van der Waals surface area contributed by atoms with Crippen LogP contribution in [0.3, 0.4) is 0 Å². The minimum absolute atomic E-state index is 0.0994. The van der Waals surface area contributed by atoms with Crippen LogP contribution in [0.1, 0.15) is 17.5 Å². The second-order valence-corrected chi connectivity index (χ2v) is 6.61. The van der Waals surface area contributed by atoms with E-state index in [1.54, 1.807) is 0 Å². The molecule has 0 aliphatic carbocycles. The molecule has 4 rings (SSSR count). The zero-order valence-electron chi connectivity index (χ0n) is 14.5. The predicted molar refractivity (Wildman–Crippen MR) is 99.6 cm³/mol. The van der Waals surface area contributed by atoms with E-state index in [2.05, 4.69) is 28.0 Å². The molecule has 0 fully saturated rings. The summed E-state index contributed by atoms with van der Waals surface area (Å²) in [6.07, 6.45) is 8.20. The molecule has 0 N–H and O–H groups in total. The van der Waals surface area contributed by atoms with Gasteiger partial charge in [0.25, 0.3) is 5.70 Å². The summed E-state index contributed by atoms with van der Waals surface area (Å²) in [7, 11) is 0. The fraction of sp³-hybridized carbons (Fsp3) is 0.333. The third kappa shape index (κ3) is 3.10. The summed E-state index contributed by atoms with van der Waals surface area (Å²) in [4.78, 5) is 5.69. The third-order valence-corrected chi connectivity index (χ3v) is 4.88. The van der Waals surface area contributed by atoms with Gasteiger partial charge in [0.1, 0.15) is 12.4 Å². The highest BCUT2D eigenvalue weighted by atomic mass is 16.5. The number of benzene rings is 1. The summed E-state index contributed by atoms with van der Waals surface area (Å²) < 4.78 is 11.4. The van der Waals surface area contributed by atoms with Gasteiger partial charge in [-0.15, -0.1) is 0 Å². The van der Waals surface area contributed by atoms with Crippen LogP contribution >= 0.6 is 0 Å². The summed E-state index contributed by atoms with van der Waals surface area (Å²) in [5.74, 6) is 0.974. The van der Waals surface area contributed by atoms with Crippen molar-refractivity contribution in [1.82, 2.24) is 0 Å². The second-order valence-electron chi connectivity index (χ2n) is 6.61. The number of anilines is 1. The molecule has 0 atom stereocenters. The first-order chi connectivity index (χ1) is 12.8. The highest BCUT2D eigenvalue weighted by molar-refractivity contribution is 5.71. The summed E-state index contributed by atoms with van der Waals surface area (Å²) in [5, 5.41) is 9.03. The number of aryl methyl sites for hydroxylation is 1. The van der Waals surface area contributed by atoms with E-state index in [4.69, 9.17) is 21.3 Å². The Balaban J connectivity index is 1.63. The lowest BCUT2D eigenvalue weighted by molar-refractivity contribution is 0.176. The van der Waals surface area contributed by atoms with Crippen molar-refractivity contribution < 1.29 is 9.47 Å². The SMILES string of the molecule is [C-]#[N+]C(C#N)=C1C=C(C=Cc2cc3c4c(c2)OCCN4CCC3)COC1. The molecule has 3 aliphatic heterocycles. The van der Waals surface area contributed by atoms with Gasteiger partial charge in [-0.25, -0.2) is 10.1 Å². The lowest BCUT2D eigenvalue weighted by Crippen LogP contribution is -2.36. The Kier molecular flexibility index (Phi) is 4.48. The smallest absolute Gasteiger partial charge is 0.267 e. The highest BCUT2D eigenvalue weighted by Crippen LogP contribution is 2.39. The maximum Gasteiger partial charge on any atom is 0.267 e. The van der Waals surface area contributed by atoms with Crippen LogP contribution in [0.15, 0.2) is 41.1 Å². The van der Waals surface area contributed by atoms with Crippen molar-refractivity contribution in [2.75, 3.05) is 37.8 Å². The molecule has 1 aromatic carbocycles. The number of allylic oxidation sites excluding steroid dienone is 1. The minimum Gasteiger partial charge on any atom is -0.490 e. The minimum atomic E-state index is 0.0994. The molecule has 5 heteroatoms. The van der Waals surface area contributed by atoms with Crippen molar-refractivity contribution in [2.24, 2.45) is 0 Å². The van der Waals surface area contributed by atoms with E-state index in [0.717, 1.165) is 43.0 Å². The highest BCUT2D eigenvalue weighted by Gasteiger charge is 2.25. The van der Waals surface area contributed by atoms with Crippen LogP contribution in [-0.4, -0.2) is 32.9 Å². The molecule has 0 amide bonds. The van der Waals surface area contributed by atoms with Crippen molar-refractivity contribution in [3.8, 4) is 11.8 Å². The number of nitrogens with zero attached hydrogens (tertiary/aromatic N) is 3. The number of hydrogen-bond acceptors (Lipinski definition) is 4. The molecule has 3 heterocycles. The topological polar surface area (TPSA) is 49.8 Å². The van der Waals surface area contributed by atoms with Gasteiger partial charge >= 0.3 is 0 Å². The number of rotatable bonds is 2. The lowest BCUT2D eigenvalue weighted by atomic mass is 9.97. The zero-order chi connectivity index (χ0) is 17.9. The predicted octanol–water partition coefficient (Wildman–Crippen LogP) is 3.50. The maximum absolute atomic E-state index is 9.03. The Morgan fingerprint density at radius 3 is 3.04 bits per heavy atom. The molecule has 0 aromatic heterocycles. The van der Waals surface area contributed by atoms with Crippen LogP contribution in [0.25, 0.3) is 10.9 Å². The molecule has 130 valence electrons. The van der Waals surface area contributed by atoms with Crippen molar-refractivity contribution in [1.29, 1.82) is 5.26 Å². The van der Waals surface area contributed by atoms with Crippen molar-refractivity contribution in [3.63, 3.8) is 0 Å². The molecule has 5 nitrogen and oxygen atoms in total. The van der Waals surface area contributed by atoms with E-state index in [-0.39, 0.29) is 5.70 Å². The molecule has 0 saturated heterocycles. The van der Waals surface area contributed by atoms with Gasteiger partial charge in [-0.05, 0) is 47.2 Å². The quantitative estimate of drug-likeness (QED) is 0.608. The van der Waals surface area contributed by atoms with Gasteiger partial charge in [-0.3, -0.25) is 0 Å². The summed E-state index contributed by atoms with van der Waals surface area (Å²) >= 11 is 0. The van der Waals surface area contributed by atoms with Crippen molar-refractivity contribution in [3.05, 3.63) is 63.7 Å². The van der Waals surface area contributed by atoms with Crippen molar-refractivity contribution >= 4 is 11.8 Å². The third-order valence-electron chi connectivity index (χ3n) is 4.88. The van der Waals surface area contributed by atoms with Gasteiger partial charge in [-0.2, -0.15) is 0 Å². The summed E-state index contributed by atoms with van der Waals surface area (Å²) in [6.45, 7) is 10.7. The molecule has 0 spiro atoms. The standard InChI is InChI=1S/C21H19N3O2/c1-23-19(12-22)18-10-16(13-25-14-18)5-4-15-9-17-3-2-6-24-7-8-26-20(11-15)21(17)24/h4-5,9-11H,2-3,6-8,13-14H2. The van der Waals surface area contributed by atoms with Crippen molar-refractivity contribution in [2.45, 2.75) is 12.8 Å². The van der Waals surface area contributed by atoms with E-state index >= 15 is 0 Å². The van der Waals surface area contributed by atoms with E-state index in [1.807, 2.05) is 18.2 Å². The van der Waals surface area contributed by atoms with Gasteiger partial charge in [-0.1, -0.05) is 18.2 Å². The normalized spacial score (nSPS) is 20.5. The number of nitriles is 1. The monoisotopic (exact) mass is 345 g/mol. The van der Waals surface area contributed by atoms with E-state index < -0.39 is 0 Å². The van der Waals surface area contributed by atoms with Gasteiger partial charge in [0, 0.05) is 6.54 Å². The molecule has 1 aromatic rings. The Morgan fingerprint density at radius 1 is 1.27 bits per heavy atom. The van der Waals surface area contributed by atoms with Crippen LogP contribution in [0.2, 0.25) is 0 Å². The van der Waals surface area contributed by atoms with E-state index in [1.165, 1.54) is 17.7 Å². The zero-order valence-corrected chi connectivity index (χ0v) is 14.5. The molecule has 0 radical (unpaired) electrons. The summed E-state index contributed by atoms with van der Waals surface area (Å²) in [5.41, 5.74) is 5.42. The molecule has 0 bridgehead atoms. The Morgan fingerprint density at radius 2 is 2.19 bits per heavy atom. The number of hydrogen-bond donors (Lipinski definition) is 0. The Hall–Kier alpha value is -3.02. The average molecular weight is 345 g/mol. The average Bonchev–Trinajstić information content (AvgIpc) is 2.68. The first kappa shape index (κ1) is 16.4. The van der Waals surface area contributed by atoms with Crippen LogP contribution < -0.4 is 9.64 Å². The molecule has 0 saturated carbocycles. The first-order valence-electron chi connectivity index (χ1n) is 8.80. The maximum atomic E-state index is 9.03. The fourth-order valence-corrected chi connectivity index (χ4v) is 3.70. The summed E-state index contributed by atoms with van der Waals surface area (Å²) in [6, 6.07) is 6.26. The van der Waals surface area contributed by atoms with Crippen LogP contribution in [-0.2, 0) is 11.2 Å². The van der Waals surface area contributed by atoms with Gasteiger partial charge in [0.15, 0.2) is 0 Å². The Bertz CT molecular complexity index is 865.